The highest BCUT2D eigenvalue weighted by molar-refractivity contribution is 8.00. The Labute approximate surface area is 123 Å². The van der Waals surface area contributed by atoms with Crippen molar-refractivity contribution in [3.63, 3.8) is 0 Å². The van der Waals surface area contributed by atoms with Gasteiger partial charge in [0.05, 0.1) is 7.11 Å². The van der Waals surface area contributed by atoms with Crippen molar-refractivity contribution in [2.24, 2.45) is 0 Å². The Hall–Kier alpha value is -1.30. The molecule has 20 heavy (non-hydrogen) atoms. The number of rotatable bonds is 8. The number of aromatic amines is 1. The number of ether oxygens (including phenoxy) is 1. The second-order valence-corrected chi connectivity index (χ2v) is 5.76. The molecule has 1 N–H and O–H groups in total. The lowest BCUT2D eigenvalue weighted by Gasteiger charge is -2.13. The molecule has 0 spiro atoms. The first-order valence-corrected chi connectivity index (χ1v) is 7.83. The van der Waals surface area contributed by atoms with Gasteiger partial charge in [-0.2, -0.15) is 0 Å². The maximum absolute atomic E-state index is 11.8. The molecule has 0 aliphatic heterocycles. The number of carbonyl (C=O) groups excluding carboxylic acids is 1. The number of carbonyl (C=O) groups is 1. The van der Waals surface area contributed by atoms with Crippen molar-refractivity contribution >= 4 is 17.7 Å². The standard InChI is InChI=1S/C14H22N2O3S/c1-4-6-8-11(13(18)19-3)20-14-15-10(7-5-2)9-12(17)16-14/h9,11H,4-8H2,1-3H3,(H,15,16,17). The molecular weight excluding hydrogens is 276 g/mol. The lowest BCUT2D eigenvalue weighted by atomic mass is 10.2. The average molecular weight is 298 g/mol. The summed E-state index contributed by atoms with van der Waals surface area (Å²) >= 11 is 1.27. The van der Waals surface area contributed by atoms with E-state index in [1.165, 1.54) is 24.9 Å². The lowest BCUT2D eigenvalue weighted by Crippen LogP contribution is -2.20. The van der Waals surface area contributed by atoms with Gasteiger partial charge in [-0.15, -0.1) is 0 Å². The van der Waals surface area contributed by atoms with E-state index in [0.29, 0.717) is 5.16 Å². The summed E-state index contributed by atoms with van der Waals surface area (Å²) in [6, 6.07) is 1.51. The Kier molecular flexibility index (Phi) is 7.36. The average Bonchev–Trinajstić information content (AvgIpc) is 2.42. The van der Waals surface area contributed by atoms with Gasteiger partial charge in [0.25, 0.3) is 5.56 Å². The number of hydrogen-bond acceptors (Lipinski definition) is 5. The van der Waals surface area contributed by atoms with Gasteiger partial charge in [-0.05, 0) is 12.8 Å². The van der Waals surface area contributed by atoms with Crippen molar-refractivity contribution in [2.75, 3.05) is 7.11 Å². The third kappa shape index (κ3) is 5.36. The van der Waals surface area contributed by atoms with Gasteiger partial charge in [0.2, 0.25) is 0 Å². The molecule has 1 heterocycles. The number of nitrogens with one attached hydrogen (secondary N) is 1. The minimum atomic E-state index is -0.319. The van der Waals surface area contributed by atoms with Gasteiger partial charge in [0.1, 0.15) is 5.25 Å². The molecule has 5 nitrogen and oxygen atoms in total. The Balaban J connectivity index is 2.86. The first kappa shape index (κ1) is 16.8. The molecular formula is C14H22N2O3S. The second-order valence-electron chi connectivity index (χ2n) is 4.56. The van der Waals surface area contributed by atoms with E-state index in [-0.39, 0.29) is 16.8 Å². The summed E-state index contributed by atoms with van der Waals surface area (Å²) < 4.78 is 4.81. The minimum absolute atomic E-state index is 0.176. The number of methoxy groups -OCH3 is 1. The van der Waals surface area contributed by atoms with Gasteiger partial charge in [-0.3, -0.25) is 9.59 Å². The monoisotopic (exact) mass is 298 g/mol. The fourth-order valence-corrected chi connectivity index (χ4v) is 2.88. The predicted octanol–water partition coefficient (Wildman–Crippen LogP) is 2.55. The normalized spacial score (nSPS) is 12.2. The second kappa shape index (κ2) is 8.79. The maximum atomic E-state index is 11.8. The smallest absolute Gasteiger partial charge is 0.319 e. The number of aromatic nitrogens is 2. The summed E-state index contributed by atoms with van der Waals surface area (Å²) in [6.45, 7) is 4.11. The summed E-state index contributed by atoms with van der Waals surface area (Å²) in [5.74, 6) is -0.271. The fraction of sp³-hybridized carbons (Fsp3) is 0.643. The molecule has 0 fully saturated rings. The topological polar surface area (TPSA) is 72.0 Å². The van der Waals surface area contributed by atoms with E-state index < -0.39 is 0 Å². The molecule has 0 bridgehead atoms. The molecule has 1 unspecified atom stereocenters. The van der Waals surface area contributed by atoms with Crippen LogP contribution in [0.3, 0.4) is 0 Å². The van der Waals surface area contributed by atoms with Crippen LogP contribution < -0.4 is 5.56 Å². The quantitative estimate of drug-likeness (QED) is 0.453. The highest BCUT2D eigenvalue weighted by Crippen LogP contribution is 2.24. The summed E-state index contributed by atoms with van der Waals surface area (Å²) in [5, 5.41) is 0.174. The van der Waals surface area contributed by atoms with Gasteiger partial charge in [0.15, 0.2) is 5.16 Å². The number of H-pyrrole nitrogens is 1. The summed E-state index contributed by atoms with van der Waals surface area (Å²) in [4.78, 5) is 30.4. The first-order valence-electron chi connectivity index (χ1n) is 6.95. The molecule has 1 aromatic heterocycles. The zero-order chi connectivity index (χ0) is 15.0. The SMILES string of the molecule is CCCCC(Sc1nc(CCC)cc(=O)[nH]1)C(=O)OC. The molecule has 0 radical (unpaired) electrons. The third-order valence-electron chi connectivity index (χ3n) is 2.82. The van der Waals surface area contributed by atoms with Crippen molar-refractivity contribution < 1.29 is 9.53 Å². The number of thioether (sulfide) groups is 1. The Morgan fingerprint density at radius 1 is 1.45 bits per heavy atom. The Bertz CT molecular complexity index is 488. The van der Waals surface area contributed by atoms with Gasteiger partial charge in [0, 0.05) is 11.8 Å². The zero-order valence-electron chi connectivity index (χ0n) is 12.3. The number of hydrogen-bond donors (Lipinski definition) is 1. The van der Waals surface area contributed by atoms with Crippen molar-refractivity contribution in [2.45, 2.75) is 56.4 Å². The van der Waals surface area contributed by atoms with E-state index in [4.69, 9.17) is 4.74 Å². The van der Waals surface area contributed by atoms with Gasteiger partial charge in [-0.1, -0.05) is 44.9 Å². The van der Waals surface area contributed by atoms with E-state index in [0.717, 1.165) is 37.8 Å². The predicted molar refractivity (Wildman–Crippen MR) is 80.0 cm³/mol. The van der Waals surface area contributed by atoms with Crippen LogP contribution in [0.25, 0.3) is 0 Å². The van der Waals surface area contributed by atoms with Gasteiger partial charge < -0.3 is 9.72 Å². The van der Waals surface area contributed by atoms with Gasteiger partial charge in [-0.25, -0.2) is 4.98 Å². The molecule has 1 rings (SSSR count). The van der Waals surface area contributed by atoms with Crippen LogP contribution in [0, 0.1) is 0 Å². The molecule has 0 aliphatic carbocycles. The van der Waals surface area contributed by atoms with E-state index in [9.17, 15) is 9.59 Å². The van der Waals surface area contributed by atoms with Crippen molar-refractivity contribution in [1.29, 1.82) is 0 Å². The molecule has 112 valence electrons. The van der Waals surface area contributed by atoms with E-state index in [1.807, 2.05) is 6.92 Å². The molecule has 1 atom stereocenters. The fourth-order valence-electron chi connectivity index (χ4n) is 1.80. The van der Waals surface area contributed by atoms with Crippen LogP contribution in [-0.2, 0) is 16.0 Å². The zero-order valence-corrected chi connectivity index (χ0v) is 13.1. The lowest BCUT2D eigenvalue weighted by molar-refractivity contribution is -0.140. The molecule has 0 aromatic carbocycles. The van der Waals surface area contributed by atoms with Crippen LogP contribution in [-0.4, -0.2) is 28.3 Å². The number of esters is 1. The van der Waals surface area contributed by atoms with Crippen molar-refractivity contribution in [3.8, 4) is 0 Å². The van der Waals surface area contributed by atoms with Crippen LogP contribution in [0.4, 0.5) is 0 Å². The molecule has 0 saturated carbocycles. The van der Waals surface area contributed by atoms with Crippen LogP contribution in [0.1, 0.15) is 45.2 Å². The van der Waals surface area contributed by atoms with Crippen LogP contribution in [0.2, 0.25) is 0 Å². The maximum Gasteiger partial charge on any atom is 0.319 e. The highest BCUT2D eigenvalue weighted by atomic mass is 32.2. The summed E-state index contributed by atoms with van der Waals surface area (Å²) in [5.41, 5.74) is 0.586. The summed E-state index contributed by atoms with van der Waals surface area (Å²) in [7, 11) is 1.38. The van der Waals surface area contributed by atoms with E-state index in [2.05, 4.69) is 16.9 Å². The summed E-state index contributed by atoms with van der Waals surface area (Å²) in [6.07, 6.45) is 4.35. The number of nitrogens with zero attached hydrogens (tertiary/aromatic N) is 1. The largest absolute Gasteiger partial charge is 0.468 e. The molecule has 0 amide bonds. The molecule has 6 heteroatoms. The molecule has 0 saturated heterocycles. The first-order chi connectivity index (χ1) is 9.60. The van der Waals surface area contributed by atoms with Gasteiger partial charge >= 0.3 is 5.97 Å². The third-order valence-corrected chi connectivity index (χ3v) is 3.95. The molecule has 1 aromatic rings. The van der Waals surface area contributed by atoms with Crippen molar-refractivity contribution in [3.05, 3.63) is 22.1 Å². The Morgan fingerprint density at radius 2 is 2.20 bits per heavy atom. The minimum Gasteiger partial charge on any atom is -0.468 e. The van der Waals surface area contributed by atoms with Crippen LogP contribution >= 0.6 is 11.8 Å². The van der Waals surface area contributed by atoms with E-state index in [1.54, 1.807) is 0 Å². The highest BCUT2D eigenvalue weighted by Gasteiger charge is 2.21. The van der Waals surface area contributed by atoms with Crippen molar-refractivity contribution in [1.82, 2.24) is 9.97 Å². The van der Waals surface area contributed by atoms with Crippen LogP contribution in [0.15, 0.2) is 16.0 Å². The number of unbranched alkanes of at least 4 members (excludes halogenated alkanes) is 1. The van der Waals surface area contributed by atoms with E-state index >= 15 is 0 Å². The Morgan fingerprint density at radius 3 is 2.80 bits per heavy atom. The van der Waals surface area contributed by atoms with Crippen LogP contribution in [0.5, 0.6) is 0 Å². The number of aryl methyl sites for hydroxylation is 1. The molecule has 0 aliphatic rings.